The van der Waals surface area contributed by atoms with Gasteiger partial charge in [0.15, 0.2) is 0 Å². The van der Waals surface area contributed by atoms with Crippen molar-refractivity contribution in [1.29, 1.82) is 0 Å². The highest BCUT2D eigenvalue weighted by atomic mass is 19.1. The fourth-order valence-electron chi connectivity index (χ4n) is 10.9. The molecule has 2 saturated heterocycles. The highest BCUT2D eigenvalue weighted by Crippen LogP contribution is 2.48. The van der Waals surface area contributed by atoms with E-state index in [-0.39, 0.29) is 41.8 Å². The number of aromatic amines is 2. The number of methoxy groups -OCH3 is 2. The van der Waals surface area contributed by atoms with Gasteiger partial charge < -0.3 is 53.9 Å². The molecule has 6 heterocycles. The minimum Gasteiger partial charge on any atom is -0.490 e. The van der Waals surface area contributed by atoms with E-state index in [1.807, 2.05) is 86.9 Å². The van der Waals surface area contributed by atoms with Crippen LogP contribution in [-0.2, 0) is 19.1 Å². The molecule has 378 valence electrons. The van der Waals surface area contributed by atoms with Crippen LogP contribution in [0.2, 0.25) is 0 Å². The number of amides is 4. The van der Waals surface area contributed by atoms with Crippen molar-refractivity contribution >= 4 is 34.9 Å². The molecule has 17 nitrogen and oxygen atoms in total. The number of carbonyl (C=O) groups is 4. The first-order chi connectivity index (χ1) is 34.8. The summed E-state index contributed by atoms with van der Waals surface area (Å²) in [4.78, 5) is 72.0. The zero-order chi connectivity index (χ0) is 50.4. The molecule has 0 bridgehead atoms. The van der Waals surface area contributed by atoms with Gasteiger partial charge in [-0.2, -0.15) is 0 Å². The molecule has 4 aliphatic rings. The molecular formula is C54H62FN9O8. The monoisotopic (exact) mass is 983 g/mol. The molecular weight excluding hydrogens is 922 g/mol. The molecule has 5 atom stereocenters. The lowest BCUT2D eigenvalue weighted by Crippen LogP contribution is -2.51. The molecule has 0 spiro atoms. The first kappa shape index (κ1) is 48.3. The Bertz CT molecular complexity index is 3010. The third-order valence-corrected chi connectivity index (χ3v) is 14.7. The summed E-state index contributed by atoms with van der Waals surface area (Å²) in [6, 6.07) is 17.1. The van der Waals surface area contributed by atoms with Gasteiger partial charge in [-0.3, -0.25) is 9.59 Å². The smallest absolute Gasteiger partial charge is 0.407 e. The molecule has 1 aliphatic carbocycles. The Morgan fingerprint density at radius 3 is 1.90 bits per heavy atom. The van der Waals surface area contributed by atoms with Crippen molar-refractivity contribution in [2.24, 2.45) is 11.8 Å². The summed E-state index contributed by atoms with van der Waals surface area (Å²) >= 11 is 0. The SMILES string of the molecule is COC(=O)N[C@@H](C(=O)N1CCC[C@H]1c1ncc(-c2cc(F)c3c(c2)OC(c2cccc(OC4CCCC4)c2)n2c-3cc3cc(-c4cnc([C@@H]5CCCN5C(=O)[C@H](NC(=O)OC)C(C)C)[nH]4)ccc32)[nH]1)C(C)C. The molecule has 1 unspecified atom stereocenters. The zero-order valence-corrected chi connectivity index (χ0v) is 41.5. The van der Waals surface area contributed by atoms with Gasteiger partial charge in [0.05, 0.1) is 73.0 Å². The largest absolute Gasteiger partial charge is 0.490 e. The normalized spacial score (nSPS) is 19.5. The lowest BCUT2D eigenvalue weighted by Gasteiger charge is -2.31. The molecule has 0 radical (unpaired) electrons. The van der Waals surface area contributed by atoms with E-state index >= 15 is 4.39 Å². The van der Waals surface area contributed by atoms with Crippen LogP contribution >= 0.6 is 0 Å². The summed E-state index contributed by atoms with van der Waals surface area (Å²) in [5, 5.41) is 6.25. The summed E-state index contributed by atoms with van der Waals surface area (Å²) in [7, 11) is 2.55. The maximum absolute atomic E-state index is 17.1. The molecule has 3 aromatic carbocycles. The van der Waals surface area contributed by atoms with Gasteiger partial charge in [-0.15, -0.1) is 0 Å². The first-order valence-corrected chi connectivity index (χ1v) is 25.1. The Kier molecular flexibility index (Phi) is 13.4. The average Bonchev–Trinajstić information content (AvgIpc) is 4.24. The predicted molar refractivity (Wildman–Crippen MR) is 266 cm³/mol. The molecule has 18 heteroatoms. The number of alkyl carbamates (subject to hydrolysis) is 2. The molecule has 1 saturated carbocycles. The Morgan fingerprint density at radius 2 is 1.32 bits per heavy atom. The highest BCUT2D eigenvalue weighted by Gasteiger charge is 2.40. The van der Waals surface area contributed by atoms with E-state index < -0.39 is 36.3 Å². The van der Waals surface area contributed by atoms with E-state index in [1.165, 1.54) is 20.3 Å². The van der Waals surface area contributed by atoms with Gasteiger partial charge in [0.2, 0.25) is 18.0 Å². The molecule has 4 N–H and O–H groups in total. The van der Waals surface area contributed by atoms with E-state index in [0.717, 1.165) is 72.0 Å². The number of hydrogen-bond donors (Lipinski definition) is 4. The lowest BCUT2D eigenvalue weighted by atomic mass is 10.0. The number of nitrogens with one attached hydrogen (secondary N) is 4. The fraction of sp³-hybridized carbons (Fsp3) is 0.444. The summed E-state index contributed by atoms with van der Waals surface area (Å²) < 4.78 is 42.1. The van der Waals surface area contributed by atoms with Gasteiger partial charge in [-0.05, 0) is 106 Å². The zero-order valence-electron chi connectivity index (χ0n) is 41.5. The fourth-order valence-corrected chi connectivity index (χ4v) is 10.9. The van der Waals surface area contributed by atoms with Crippen LogP contribution in [0.1, 0.15) is 115 Å². The summed E-state index contributed by atoms with van der Waals surface area (Å²) in [5.74, 6) is 1.08. The van der Waals surface area contributed by atoms with E-state index in [9.17, 15) is 19.2 Å². The van der Waals surface area contributed by atoms with E-state index in [4.69, 9.17) is 28.9 Å². The molecule has 3 aliphatic heterocycles. The van der Waals surface area contributed by atoms with Crippen LogP contribution in [-0.4, -0.2) is 104 Å². The standard InChI is InChI=1S/C54H62FN9O8/c1-29(2)46(60-53(67)69-5)50(65)62-20-10-16-41(62)48-56-27-38(58-48)31-18-19-40-34(22-31)25-43-45-37(55)24-33(26-44(45)72-52(64(40)43)32-12-9-15-36(23-32)71-35-13-7-8-14-35)39-28-57-49(59-39)42-17-11-21-63(42)51(66)47(30(3)4)61-54(68)70-6/h9,12,15,18-19,22-30,35,41-42,46-47,52H,7-8,10-11,13-14,16-17,20-21H2,1-6H3,(H,56,58)(H,57,59)(H,60,67)(H,61,68)/t41-,42-,46+,47+,52?/m0/s1. The number of imidazole rings is 2. The van der Waals surface area contributed by atoms with Crippen molar-refractivity contribution in [3.8, 4) is 45.3 Å². The number of aromatic nitrogens is 5. The minimum atomic E-state index is -0.780. The Morgan fingerprint density at radius 1 is 0.722 bits per heavy atom. The number of halogens is 1. The van der Waals surface area contributed by atoms with Gasteiger partial charge in [0.25, 0.3) is 0 Å². The number of H-pyrrole nitrogens is 2. The third kappa shape index (κ3) is 9.22. The van der Waals surface area contributed by atoms with Gasteiger partial charge in [-0.25, -0.2) is 23.9 Å². The van der Waals surface area contributed by atoms with Crippen LogP contribution in [0.3, 0.4) is 0 Å². The van der Waals surface area contributed by atoms with Gasteiger partial charge in [0, 0.05) is 35.2 Å². The van der Waals surface area contributed by atoms with Gasteiger partial charge in [-0.1, -0.05) is 45.9 Å². The Balaban J connectivity index is 0.981. The van der Waals surface area contributed by atoms with Crippen molar-refractivity contribution in [3.63, 3.8) is 0 Å². The molecule has 3 fully saturated rings. The summed E-state index contributed by atoms with van der Waals surface area (Å²) in [5.41, 5.74) is 5.30. The van der Waals surface area contributed by atoms with Crippen molar-refractivity contribution in [2.45, 2.75) is 116 Å². The highest BCUT2D eigenvalue weighted by molar-refractivity contribution is 5.93. The van der Waals surface area contributed by atoms with E-state index in [1.54, 1.807) is 22.2 Å². The van der Waals surface area contributed by atoms with Crippen molar-refractivity contribution < 1.29 is 42.5 Å². The Hall–Kier alpha value is -7.37. The van der Waals surface area contributed by atoms with Crippen LogP contribution in [0.5, 0.6) is 11.5 Å². The van der Waals surface area contributed by atoms with E-state index in [0.29, 0.717) is 65.8 Å². The van der Waals surface area contributed by atoms with Crippen molar-refractivity contribution in [3.05, 3.63) is 96.1 Å². The molecule has 6 aromatic rings. The van der Waals surface area contributed by atoms with Crippen molar-refractivity contribution in [1.82, 2.24) is 44.9 Å². The number of likely N-dealkylation sites (tertiary alicyclic amines) is 2. The Labute approximate surface area is 417 Å². The topological polar surface area (TPSA) is 198 Å². The lowest BCUT2D eigenvalue weighted by molar-refractivity contribution is -0.136. The van der Waals surface area contributed by atoms with Crippen LogP contribution < -0.4 is 20.1 Å². The average molecular weight is 984 g/mol. The molecule has 4 amide bonds. The number of carbonyl (C=O) groups excluding carboxylic acids is 4. The van der Waals surface area contributed by atoms with Crippen molar-refractivity contribution in [2.75, 3.05) is 27.3 Å². The second kappa shape index (κ2) is 20.0. The second-order valence-corrected chi connectivity index (χ2v) is 20.0. The number of nitrogens with zero attached hydrogens (tertiary/aromatic N) is 5. The van der Waals surface area contributed by atoms with Crippen LogP contribution in [0.4, 0.5) is 14.0 Å². The maximum Gasteiger partial charge on any atom is 0.407 e. The maximum atomic E-state index is 17.1. The number of benzene rings is 3. The summed E-state index contributed by atoms with van der Waals surface area (Å²) in [6.45, 7) is 8.55. The summed E-state index contributed by atoms with van der Waals surface area (Å²) in [6.07, 6.45) is 8.75. The van der Waals surface area contributed by atoms with Crippen LogP contribution in [0.15, 0.2) is 73.1 Å². The van der Waals surface area contributed by atoms with Crippen LogP contribution in [0, 0.1) is 17.7 Å². The van der Waals surface area contributed by atoms with Gasteiger partial charge >= 0.3 is 12.2 Å². The number of ether oxygens (including phenoxy) is 4. The minimum absolute atomic E-state index is 0.147. The number of fused-ring (bicyclic) bond motifs is 5. The van der Waals surface area contributed by atoms with Gasteiger partial charge in [0.1, 0.15) is 41.0 Å². The predicted octanol–water partition coefficient (Wildman–Crippen LogP) is 9.58. The number of rotatable bonds is 13. The van der Waals surface area contributed by atoms with E-state index in [2.05, 4.69) is 20.6 Å². The number of hydrogen-bond acceptors (Lipinski definition) is 10. The van der Waals surface area contributed by atoms with Crippen LogP contribution in [0.25, 0.3) is 44.7 Å². The first-order valence-electron chi connectivity index (χ1n) is 25.1. The molecule has 10 rings (SSSR count). The quantitative estimate of drug-likeness (QED) is 0.0865. The molecule has 3 aromatic heterocycles. The second-order valence-electron chi connectivity index (χ2n) is 20.0. The third-order valence-electron chi connectivity index (χ3n) is 14.7. The molecule has 72 heavy (non-hydrogen) atoms.